The normalized spacial score (nSPS) is 13.0. The van der Waals surface area contributed by atoms with Crippen LogP contribution in [0, 0.1) is 6.92 Å². The van der Waals surface area contributed by atoms with Gasteiger partial charge < -0.3 is 10.0 Å². The summed E-state index contributed by atoms with van der Waals surface area (Å²) in [6.07, 6.45) is -0.334. The average molecular weight is 187 g/mol. The molecule has 12 heavy (non-hydrogen) atoms. The molecule has 4 nitrogen and oxygen atoms in total. The van der Waals surface area contributed by atoms with Crippen LogP contribution in [0.15, 0.2) is 0 Å². The summed E-state index contributed by atoms with van der Waals surface area (Å²) >= 11 is 1.53. The SMILES string of the molecule is Cc1nnc(N(C)C[C@@H](C)O)s1. The highest BCUT2D eigenvalue weighted by atomic mass is 32.1. The van der Waals surface area contributed by atoms with Crippen LogP contribution in [0.3, 0.4) is 0 Å². The lowest BCUT2D eigenvalue weighted by Crippen LogP contribution is -2.26. The van der Waals surface area contributed by atoms with Gasteiger partial charge in [0.15, 0.2) is 0 Å². The van der Waals surface area contributed by atoms with Crippen LogP contribution in [0.5, 0.6) is 0 Å². The summed E-state index contributed by atoms with van der Waals surface area (Å²) in [5.74, 6) is 0. The van der Waals surface area contributed by atoms with Crippen LogP contribution in [-0.2, 0) is 0 Å². The summed E-state index contributed by atoms with van der Waals surface area (Å²) in [4.78, 5) is 1.90. The molecule has 1 rings (SSSR count). The Hall–Kier alpha value is -0.680. The average Bonchev–Trinajstić information content (AvgIpc) is 2.34. The molecule has 0 bridgehead atoms. The Kier molecular flexibility index (Phi) is 2.99. The van der Waals surface area contributed by atoms with Gasteiger partial charge in [0, 0.05) is 13.6 Å². The van der Waals surface area contributed by atoms with E-state index >= 15 is 0 Å². The van der Waals surface area contributed by atoms with Crippen molar-refractivity contribution in [1.29, 1.82) is 0 Å². The third-order valence-corrected chi connectivity index (χ3v) is 2.33. The predicted octanol–water partition coefficient (Wildman–Crippen LogP) is 0.664. The standard InChI is InChI=1S/C7H13N3OS/c1-5(11)4-10(3)7-9-8-6(2)12-7/h5,11H,4H2,1-3H3/t5-/m1/s1. The van der Waals surface area contributed by atoms with E-state index < -0.39 is 0 Å². The van der Waals surface area contributed by atoms with Crippen LogP contribution < -0.4 is 4.90 Å². The van der Waals surface area contributed by atoms with Gasteiger partial charge in [0.25, 0.3) is 0 Å². The van der Waals surface area contributed by atoms with Gasteiger partial charge in [-0.2, -0.15) is 0 Å². The smallest absolute Gasteiger partial charge is 0.208 e. The summed E-state index contributed by atoms with van der Waals surface area (Å²) in [5.41, 5.74) is 0. The zero-order chi connectivity index (χ0) is 9.14. The van der Waals surface area contributed by atoms with Crippen molar-refractivity contribution in [3.63, 3.8) is 0 Å². The molecule has 1 heterocycles. The number of anilines is 1. The van der Waals surface area contributed by atoms with Crippen molar-refractivity contribution in [2.45, 2.75) is 20.0 Å². The van der Waals surface area contributed by atoms with Gasteiger partial charge >= 0.3 is 0 Å². The minimum absolute atomic E-state index is 0.334. The van der Waals surface area contributed by atoms with Gasteiger partial charge in [-0.3, -0.25) is 0 Å². The molecule has 1 aromatic rings. The van der Waals surface area contributed by atoms with Crippen molar-refractivity contribution in [2.75, 3.05) is 18.5 Å². The Morgan fingerprint density at radius 3 is 2.67 bits per heavy atom. The van der Waals surface area contributed by atoms with E-state index in [0.717, 1.165) is 10.1 Å². The van der Waals surface area contributed by atoms with Crippen molar-refractivity contribution >= 4 is 16.5 Å². The number of likely N-dealkylation sites (N-methyl/N-ethyl adjacent to an activating group) is 1. The Balaban J connectivity index is 2.58. The van der Waals surface area contributed by atoms with E-state index in [-0.39, 0.29) is 6.10 Å². The quantitative estimate of drug-likeness (QED) is 0.755. The predicted molar refractivity (Wildman–Crippen MR) is 49.6 cm³/mol. The molecule has 0 spiro atoms. The Morgan fingerprint density at radius 1 is 1.58 bits per heavy atom. The van der Waals surface area contributed by atoms with Gasteiger partial charge in [0.1, 0.15) is 5.01 Å². The summed E-state index contributed by atoms with van der Waals surface area (Å²) in [7, 11) is 1.90. The summed E-state index contributed by atoms with van der Waals surface area (Å²) in [6.45, 7) is 4.26. The van der Waals surface area contributed by atoms with Crippen LogP contribution in [0.4, 0.5) is 5.13 Å². The van der Waals surface area contributed by atoms with Crippen LogP contribution in [0.25, 0.3) is 0 Å². The van der Waals surface area contributed by atoms with Gasteiger partial charge in [-0.1, -0.05) is 11.3 Å². The van der Waals surface area contributed by atoms with Gasteiger partial charge in [-0.05, 0) is 13.8 Å². The van der Waals surface area contributed by atoms with Gasteiger partial charge in [-0.15, -0.1) is 10.2 Å². The molecule has 68 valence electrons. The highest BCUT2D eigenvalue weighted by molar-refractivity contribution is 7.15. The van der Waals surface area contributed by atoms with Crippen molar-refractivity contribution in [2.24, 2.45) is 0 Å². The zero-order valence-corrected chi connectivity index (χ0v) is 8.30. The van der Waals surface area contributed by atoms with Crippen LogP contribution >= 0.6 is 11.3 Å². The molecule has 0 amide bonds. The highest BCUT2D eigenvalue weighted by Gasteiger charge is 2.08. The third-order valence-electron chi connectivity index (χ3n) is 1.38. The van der Waals surface area contributed by atoms with Crippen molar-refractivity contribution < 1.29 is 5.11 Å². The lowest BCUT2D eigenvalue weighted by Gasteiger charge is -2.16. The number of aryl methyl sites for hydroxylation is 1. The first-order chi connectivity index (χ1) is 5.59. The number of aliphatic hydroxyl groups excluding tert-OH is 1. The number of aliphatic hydroxyl groups is 1. The molecule has 0 radical (unpaired) electrons. The molecule has 0 saturated carbocycles. The molecule has 5 heteroatoms. The maximum absolute atomic E-state index is 9.11. The third kappa shape index (κ3) is 2.42. The molecule has 0 unspecified atom stereocenters. The second-order valence-electron chi connectivity index (χ2n) is 2.83. The minimum atomic E-state index is -0.334. The number of aromatic nitrogens is 2. The lowest BCUT2D eigenvalue weighted by atomic mass is 10.4. The first kappa shape index (κ1) is 9.41. The second kappa shape index (κ2) is 3.82. The molecule has 1 aromatic heterocycles. The van der Waals surface area contributed by atoms with E-state index in [0.29, 0.717) is 6.54 Å². The minimum Gasteiger partial charge on any atom is -0.392 e. The zero-order valence-electron chi connectivity index (χ0n) is 7.48. The maximum atomic E-state index is 9.11. The van der Waals surface area contributed by atoms with Crippen molar-refractivity contribution in [1.82, 2.24) is 10.2 Å². The highest BCUT2D eigenvalue weighted by Crippen LogP contribution is 2.17. The Bertz CT molecular complexity index is 249. The van der Waals surface area contributed by atoms with Crippen molar-refractivity contribution in [3.8, 4) is 0 Å². The Morgan fingerprint density at radius 2 is 2.25 bits per heavy atom. The lowest BCUT2D eigenvalue weighted by molar-refractivity contribution is 0.201. The van der Waals surface area contributed by atoms with Gasteiger partial charge in [0.05, 0.1) is 6.10 Å². The number of nitrogens with zero attached hydrogens (tertiary/aromatic N) is 3. The molecular weight excluding hydrogens is 174 g/mol. The molecule has 0 fully saturated rings. The molecule has 0 aromatic carbocycles. The number of hydrogen-bond donors (Lipinski definition) is 1. The van der Waals surface area contributed by atoms with E-state index in [1.165, 1.54) is 11.3 Å². The fraction of sp³-hybridized carbons (Fsp3) is 0.714. The van der Waals surface area contributed by atoms with E-state index in [4.69, 9.17) is 5.11 Å². The van der Waals surface area contributed by atoms with E-state index in [2.05, 4.69) is 10.2 Å². The maximum Gasteiger partial charge on any atom is 0.208 e. The number of hydrogen-bond acceptors (Lipinski definition) is 5. The first-order valence-electron chi connectivity index (χ1n) is 3.79. The molecular formula is C7H13N3OS. The summed E-state index contributed by atoms with van der Waals surface area (Å²) in [6, 6.07) is 0. The van der Waals surface area contributed by atoms with Crippen molar-refractivity contribution in [3.05, 3.63) is 5.01 Å². The fourth-order valence-corrected chi connectivity index (χ4v) is 1.57. The Labute approximate surface area is 75.9 Å². The molecule has 1 atom stereocenters. The molecule has 0 aliphatic heterocycles. The van der Waals surface area contributed by atoms with Crippen LogP contribution in [0.1, 0.15) is 11.9 Å². The first-order valence-corrected chi connectivity index (χ1v) is 4.60. The monoisotopic (exact) mass is 187 g/mol. The fourth-order valence-electron chi connectivity index (χ4n) is 0.915. The number of rotatable bonds is 3. The van der Waals surface area contributed by atoms with Gasteiger partial charge in [0.2, 0.25) is 5.13 Å². The summed E-state index contributed by atoms with van der Waals surface area (Å²) in [5, 5.41) is 18.7. The molecule has 0 aliphatic rings. The van der Waals surface area contributed by atoms with Crippen LogP contribution in [0.2, 0.25) is 0 Å². The van der Waals surface area contributed by atoms with E-state index in [1.54, 1.807) is 6.92 Å². The molecule has 0 saturated heterocycles. The van der Waals surface area contributed by atoms with E-state index in [1.807, 2.05) is 18.9 Å². The largest absolute Gasteiger partial charge is 0.392 e. The van der Waals surface area contributed by atoms with E-state index in [9.17, 15) is 0 Å². The molecule has 1 N–H and O–H groups in total. The summed E-state index contributed by atoms with van der Waals surface area (Å²) < 4.78 is 0. The second-order valence-corrected chi connectivity index (χ2v) is 3.99. The van der Waals surface area contributed by atoms with Gasteiger partial charge in [-0.25, -0.2) is 0 Å². The molecule has 0 aliphatic carbocycles. The van der Waals surface area contributed by atoms with Crippen LogP contribution in [-0.4, -0.2) is 35.0 Å². The topological polar surface area (TPSA) is 49.2 Å².